The fourth-order valence-electron chi connectivity index (χ4n) is 3.99. The van der Waals surface area contributed by atoms with Crippen LogP contribution in [0, 0.1) is 6.92 Å². The summed E-state index contributed by atoms with van der Waals surface area (Å²) in [6, 6.07) is 8.50. The first-order chi connectivity index (χ1) is 13.2. The maximum Gasteiger partial charge on any atom is 0.226 e. The van der Waals surface area contributed by atoms with Crippen LogP contribution in [0.25, 0.3) is 10.9 Å². The number of nitrogens with zero attached hydrogens (tertiary/aromatic N) is 3. The molecule has 0 bridgehead atoms. The third-order valence-corrected chi connectivity index (χ3v) is 5.37. The van der Waals surface area contributed by atoms with E-state index in [9.17, 15) is 4.79 Å². The molecule has 1 aromatic carbocycles. The van der Waals surface area contributed by atoms with E-state index in [-0.39, 0.29) is 11.8 Å². The van der Waals surface area contributed by atoms with E-state index in [0.717, 1.165) is 40.9 Å². The third kappa shape index (κ3) is 2.84. The van der Waals surface area contributed by atoms with Crippen LogP contribution >= 0.6 is 0 Å². The molecule has 1 saturated heterocycles. The summed E-state index contributed by atoms with van der Waals surface area (Å²) >= 11 is 0. The lowest BCUT2D eigenvalue weighted by atomic mass is 9.86. The Hall–Kier alpha value is -2.93. The van der Waals surface area contributed by atoms with Crippen LogP contribution in [-0.2, 0) is 9.53 Å². The van der Waals surface area contributed by atoms with Gasteiger partial charge in [-0.1, -0.05) is 12.1 Å². The minimum absolute atomic E-state index is 0.00585. The molecule has 2 N–H and O–H groups in total. The van der Waals surface area contributed by atoms with Crippen molar-refractivity contribution in [2.24, 2.45) is 0 Å². The van der Waals surface area contributed by atoms with Gasteiger partial charge in [-0.3, -0.25) is 9.89 Å². The topological polar surface area (TPSA) is 83.1 Å². The van der Waals surface area contributed by atoms with Gasteiger partial charge >= 0.3 is 0 Å². The summed E-state index contributed by atoms with van der Waals surface area (Å²) in [5, 5.41) is 11.0. The van der Waals surface area contributed by atoms with E-state index < -0.39 is 0 Å². The van der Waals surface area contributed by atoms with Gasteiger partial charge in [0.2, 0.25) is 5.91 Å². The second kappa shape index (κ2) is 6.35. The van der Waals surface area contributed by atoms with Gasteiger partial charge in [-0.15, -0.1) is 0 Å². The van der Waals surface area contributed by atoms with E-state index in [2.05, 4.69) is 51.6 Å². The molecular weight excluding hydrogens is 342 g/mol. The Balaban J connectivity index is 1.70. The number of aromatic amines is 1. The minimum atomic E-state index is -0.0662. The lowest BCUT2D eigenvalue weighted by Crippen LogP contribution is -2.38. The molecule has 0 spiro atoms. The molecule has 1 atom stereocenters. The first-order valence-corrected chi connectivity index (χ1v) is 9.26. The van der Waals surface area contributed by atoms with Crippen molar-refractivity contribution in [3.63, 3.8) is 0 Å². The lowest BCUT2D eigenvalue weighted by Gasteiger charge is -2.32. The average Bonchev–Trinajstić information content (AvgIpc) is 3.15. The number of nitrogens with one attached hydrogen (secondary N) is 2. The molecule has 5 rings (SSSR count). The molecule has 0 unspecified atom stereocenters. The van der Waals surface area contributed by atoms with Gasteiger partial charge < -0.3 is 15.0 Å². The predicted octanol–water partition coefficient (Wildman–Crippen LogP) is 2.58. The molecule has 4 heterocycles. The van der Waals surface area contributed by atoms with Crippen LogP contribution in [0.2, 0.25) is 0 Å². The quantitative estimate of drug-likeness (QED) is 0.731. The van der Waals surface area contributed by atoms with Crippen LogP contribution in [0.15, 0.2) is 30.5 Å². The smallest absolute Gasteiger partial charge is 0.226 e. The molecule has 3 aromatic rings. The van der Waals surface area contributed by atoms with Crippen molar-refractivity contribution in [2.45, 2.75) is 19.3 Å². The molecule has 0 aliphatic carbocycles. The molecule has 1 amide bonds. The van der Waals surface area contributed by atoms with Gasteiger partial charge in [-0.05, 0) is 24.6 Å². The van der Waals surface area contributed by atoms with Crippen molar-refractivity contribution >= 4 is 28.4 Å². The highest BCUT2D eigenvalue weighted by Gasteiger charge is 2.32. The maximum atomic E-state index is 12.3. The highest BCUT2D eigenvalue weighted by molar-refractivity contribution is 5.95. The number of carbonyl (C=O) groups excluding carboxylic acids is 1. The number of benzene rings is 1. The SMILES string of the molecule is Cc1ccc2cc([C@@H]3CC(=O)Nc4[nH]ncc43)c(N3CCOCC3)nc2c1. The Kier molecular flexibility index (Phi) is 3.82. The standard InChI is InChI=1S/C20H21N5O2/c1-12-2-3-13-9-15(14-10-18(26)23-19-16(14)11-21-24-19)20(22-17(13)8-12)25-4-6-27-7-5-25/h2-3,8-9,11,14H,4-7,10H2,1H3,(H2,21,23,24,26)/t14-/m0/s1. The number of aryl methyl sites for hydroxylation is 1. The number of carbonyl (C=O) groups is 1. The molecule has 2 aliphatic heterocycles. The van der Waals surface area contributed by atoms with Crippen LogP contribution < -0.4 is 10.2 Å². The van der Waals surface area contributed by atoms with E-state index in [1.165, 1.54) is 5.56 Å². The summed E-state index contributed by atoms with van der Waals surface area (Å²) in [4.78, 5) is 19.6. The number of ether oxygens (including phenoxy) is 1. The van der Waals surface area contributed by atoms with Crippen molar-refractivity contribution in [1.29, 1.82) is 0 Å². The summed E-state index contributed by atoms with van der Waals surface area (Å²) in [6.07, 6.45) is 2.20. The Morgan fingerprint density at radius 3 is 2.89 bits per heavy atom. The van der Waals surface area contributed by atoms with Gasteiger partial charge in [0, 0.05) is 41.9 Å². The van der Waals surface area contributed by atoms with Crippen molar-refractivity contribution in [3.8, 4) is 0 Å². The average molecular weight is 363 g/mol. The molecule has 2 aromatic heterocycles. The van der Waals surface area contributed by atoms with Crippen molar-refractivity contribution in [1.82, 2.24) is 15.2 Å². The first-order valence-electron chi connectivity index (χ1n) is 9.26. The van der Waals surface area contributed by atoms with Crippen molar-refractivity contribution in [2.75, 3.05) is 36.5 Å². The van der Waals surface area contributed by atoms with Gasteiger partial charge in [0.25, 0.3) is 0 Å². The lowest BCUT2D eigenvalue weighted by molar-refractivity contribution is -0.116. The number of hydrogen-bond acceptors (Lipinski definition) is 5. The number of amides is 1. The zero-order chi connectivity index (χ0) is 18.4. The van der Waals surface area contributed by atoms with E-state index in [1.54, 1.807) is 0 Å². The van der Waals surface area contributed by atoms with Crippen LogP contribution in [-0.4, -0.2) is 47.4 Å². The summed E-state index contributed by atoms with van der Waals surface area (Å²) < 4.78 is 5.53. The van der Waals surface area contributed by atoms with Gasteiger partial charge in [0.1, 0.15) is 11.6 Å². The van der Waals surface area contributed by atoms with E-state index in [1.807, 2.05) is 6.20 Å². The second-order valence-electron chi connectivity index (χ2n) is 7.20. The highest BCUT2D eigenvalue weighted by atomic mass is 16.5. The number of H-pyrrole nitrogens is 1. The van der Waals surface area contributed by atoms with Crippen LogP contribution in [0.4, 0.5) is 11.6 Å². The van der Waals surface area contributed by atoms with E-state index in [4.69, 9.17) is 9.72 Å². The number of anilines is 2. The summed E-state index contributed by atoms with van der Waals surface area (Å²) in [5.41, 5.74) is 4.25. The summed E-state index contributed by atoms with van der Waals surface area (Å²) in [6.45, 7) is 5.06. The molecule has 138 valence electrons. The summed E-state index contributed by atoms with van der Waals surface area (Å²) in [7, 11) is 0. The molecule has 7 heteroatoms. The Labute approximate surface area is 156 Å². The van der Waals surface area contributed by atoms with Gasteiger partial charge in [0.05, 0.1) is 24.9 Å². The maximum absolute atomic E-state index is 12.3. The predicted molar refractivity (Wildman–Crippen MR) is 103 cm³/mol. The molecular formula is C20H21N5O2. The third-order valence-electron chi connectivity index (χ3n) is 5.37. The molecule has 27 heavy (non-hydrogen) atoms. The minimum Gasteiger partial charge on any atom is -0.378 e. The van der Waals surface area contributed by atoms with Gasteiger partial charge in [-0.25, -0.2) is 4.98 Å². The van der Waals surface area contributed by atoms with Gasteiger partial charge in [-0.2, -0.15) is 5.10 Å². The number of pyridine rings is 1. The number of rotatable bonds is 2. The first kappa shape index (κ1) is 16.3. The van der Waals surface area contributed by atoms with Gasteiger partial charge in [0.15, 0.2) is 0 Å². The molecule has 0 radical (unpaired) electrons. The van der Waals surface area contributed by atoms with Crippen LogP contribution in [0.5, 0.6) is 0 Å². The number of fused-ring (bicyclic) bond motifs is 2. The van der Waals surface area contributed by atoms with Crippen molar-refractivity contribution < 1.29 is 9.53 Å². The molecule has 2 aliphatic rings. The normalized spacial score (nSPS) is 19.8. The number of aromatic nitrogens is 3. The molecule has 0 saturated carbocycles. The Bertz CT molecular complexity index is 1020. The Morgan fingerprint density at radius 1 is 1.19 bits per heavy atom. The zero-order valence-corrected chi connectivity index (χ0v) is 15.2. The summed E-state index contributed by atoms with van der Waals surface area (Å²) in [5.74, 6) is 1.56. The Morgan fingerprint density at radius 2 is 2.04 bits per heavy atom. The number of hydrogen-bond donors (Lipinski definition) is 2. The second-order valence-corrected chi connectivity index (χ2v) is 7.20. The largest absolute Gasteiger partial charge is 0.378 e. The monoisotopic (exact) mass is 363 g/mol. The fourth-order valence-corrected chi connectivity index (χ4v) is 3.99. The van der Waals surface area contributed by atoms with E-state index in [0.29, 0.717) is 25.5 Å². The number of morpholine rings is 1. The van der Waals surface area contributed by atoms with Crippen molar-refractivity contribution in [3.05, 3.63) is 47.2 Å². The molecule has 7 nitrogen and oxygen atoms in total. The highest BCUT2D eigenvalue weighted by Crippen LogP contribution is 2.40. The van der Waals surface area contributed by atoms with Crippen LogP contribution in [0.1, 0.15) is 29.0 Å². The molecule has 1 fully saturated rings. The zero-order valence-electron chi connectivity index (χ0n) is 15.2. The van der Waals surface area contributed by atoms with E-state index >= 15 is 0 Å². The van der Waals surface area contributed by atoms with Crippen LogP contribution in [0.3, 0.4) is 0 Å². The fraction of sp³-hybridized carbons (Fsp3) is 0.350.